The third kappa shape index (κ3) is 2.92. The Morgan fingerprint density at radius 3 is 2.89 bits per heavy atom. The van der Waals surface area contributed by atoms with Gasteiger partial charge < -0.3 is 10.1 Å². The van der Waals surface area contributed by atoms with Gasteiger partial charge in [0.05, 0.1) is 12.3 Å². The second kappa shape index (κ2) is 5.73. The fourth-order valence-electron chi connectivity index (χ4n) is 1.50. The first-order valence-corrected chi connectivity index (χ1v) is 6.51. The first-order chi connectivity index (χ1) is 8.70. The van der Waals surface area contributed by atoms with Crippen LogP contribution in [0.25, 0.3) is 0 Å². The summed E-state index contributed by atoms with van der Waals surface area (Å²) in [6, 6.07) is 9.55. The normalized spacial score (nSPS) is 20.8. The van der Waals surface area contributed by atoms with Crippen LogP contribution in [0.15, 0.2) is 47.6 Å². The van der Waals surface area contributed by atoms with Crippen molar-refractivity contribution >= 4 is 28.6 Å². The number of carbonyl (C=O) groups is 1. The summed E-state index contributed by atoms with van der Waals surface area (Å²) in [6.45, 7) is 5.97. The quantitative estimate of drug-likeness (QED) is 0.850. The first kappa shape index (κ1) is 12.7. The summed E-state index contributed by atoms with van der Waals surface area (Å²) in [5.74, 6) is -0.279. The predicted molar refractivity (Wildman–Crippen MR) is 73.8 cm³/mol. The SMILES string of the molecule is C=C1NC(=Nc2ccccc2)S[C@@H]1C(=O)OCC. The fraction of sp³-hybridized carbons (Fsp3) is 0.231. The van der Waals surface area contributed by atoms with Gasteiger partial charge >= 0.3 is 5.97 Å². The molecule has 5 heteroatoms. The fourth-order valence-corrected chi connectivity index (χ4v) is 2.43. The van der Waals surface area contributed by atoms with E-state index in [0.29, 0.717) is 17.5 Å². The average molecular weight is 262 g/mol. The Morgan fingerprint density at radius 1 is 1.50 bits per heavy atom. The van der Waals surface area contributed by atoms with Gasteiger partial charge in [0.1, 0.15) is 5.25 Å². The minimum Gasteiger partial charge on any atom is -0.465 e. The highest BCUT2D eigenvalue weighted by molar-refractivity contribution is 8.15. The lowest BCUT2D eigenvalue weighted by atomic mass is 10.3. The summed E-state index contributed by atoms with van der Waals surface area (Å²) < 4.78 is 4.98. The zero-order valence-electron chi connectivity index (χ0n) is 10.1. The minimum atomic E-state index is -0.410. The largest absolute Gasteiger partial charge is 0.465 e. The van der Waals surface area contributed by atoms with Crippen molar-refractivity contribution in [3.8, 4) is 0 Å². The second-order valence-corrected chi connectivity index (χ2v) is 4.75. The molecule has 0 radical (unpaired) electrons. The van der Waals surface area contributed by atoms with Crippen LogP contribution in [-0.4, -0.2) is 23.0 Å². The predicted octanol–water partition coefficient (Wildman–Crippen LogP) is 2.46. The molecule has 0 unspecified atom stereocenters. The molecule has 0 spiro atoms. The lowest BCUT2D eigenvalue weighted by molar-refractivity contribution is -0.141. The third-order valence-electron chi connectivity index (χ3n) is 2.30. The molecule has 1 heterocycles. The van der Waals surface area contributed by atoms with E-state index in [2.05, 4.69) is 16.9 Å². The molecule has 1 aromatic rings. The summed E-state index contributed by atoms with van der Waals surface area (Å²) in [7, 11) is 0. The van der Waals surface area contributed by atoms with Gasteiger partial charge in [0.25, 0.3) is 0 Å². The number of hydrogen-bond donors (Lipinski definition) is 1. The van der Waals surface area contributed by atoms with Gasteiger partial charge in [0, 0.05) is 5.70 Å². The first-order valence-electron chi connectivity index (χ1n) is 5.63. The number of carbonyl (C=O) groups excluding carboxylic acids is 1. The number of esters is 1. The molecule has 4 nitrogen and oxygen atoms in total. The topological polar surface area (TPSA) is 50.7 Å². The van der Waals surface area contributed by atoms with Crippen LogP contribution in [0.2, 0.25) is 0 Å². The van der Waals surface area contributed by atoms with Crippen molar-refractivity contribution in [2.24, 2.45) is 4.99 Å². The lowest BCUT2D eigenvalue weighted by Gasteiger charge is -2.06. The third-order valence-corrected chi connectivity index (χ3v) is 3.43. The van der Waals surface area contributed by atoms with Crippen LogP contribution in [-0.2, 0) is 9.53 Å². The van der Waals surface area contributed by atoms with Gasteiger partial charge in [0.15, 0.2) is 5.17 Å². The number of benzene rings is 1. The van der Waals surface area contributed by atoms with E-state index in [1.807, 2.05) is 30.3 Å². The van der Waals surface area contributed by atoms with E-state index in [4.69, 9.17) is 4.74 Å². The molecule has 1 fully saturated rings. The van der Waals surface area contributed by atoms with E-state index < -0.39 is 5.25 Å². The summed E-state index contributed by atoms with van der Waals surface area (Å²) in [6.07, 6.45) is 0. The van der Waals surface area contributed by atoms with Crippen molar-refractivity contribution in [1.82, 2.24) is 5.32 Å². The maximum Gasteiger partial charge on any atom is 0.325 e. The molecule has 1 atom stereocenters. The number of amidine groups is 1. The van der Waals surface area contributed by atoms with Crippen LogP contribution < -0.4 is 5.32 Å². The Labute approximate surface area is 110 Å². The Hall–Kier alpha value is -1.75. The minimum absolute atomic E-state index is 0.279. The number of para-hydroxylation sites is 1. The van der Waals surface area contributed by atoms with E-state index in [9.17, 15) is 4.79 Å². The molecule has 0 amide bonds. The summed E-state index contributed by atoms with van der Waals surface area (Å²) in [5.41, 5.74) is 1.46. The standard InChI is InChI=1S/C13H14N2O2S/c1-3-17-12(16)11-9(2)14-13(18-11)15-10-7-5-4-6-8-10/h4-8,11H,2-3H2,1H3,(H,14,15)/t11-/m0/s1. The van der Waals surface area contributed by atoms with Gasteiger partial charge in [-0.2, -0.15) is 0 Å². The molecular weight excluding hydrogens is 248 g/mol. The maximum absolute atomic E-state index is 11.7. The van der Waals surface area contributed by atoms with Crippen molar-refractivity contribution in [1.29, 1.82) is 0 Å². The van der Waals surface area contributed by atoms with Crippen LogP contribution in [0.4, 0.5) is 5.69 Å². The van der Waals surface area contributed by atoms with Gasteiger partial charge in [-0.05, 0) is 19.1 Å². The van der Waals surface area contributed by atoms with Gasteiger partial charge in [-0.3, -0.25) is 4.79 Å². The number of nitrogens with one attached hydrogen (secondary N) is 1. The summed E-state index contributed by atoms with van der Waals surface area (Å²) in [4.78, 5) is 16.1. The number of hydrogen-bond acceptors (Lipinski definition) is 4. The summed E-state index contributed by atoms with van der Waals surface area (Å²) in [5, 5.41) is 3.27. The highest BCUT2D eigenvalue weighted by Crippen LogP contribution is 2.28. The van der Waals surface area contributed by atoms with Crippen molar-refractivity contribution in [2.45, 2.75) is 12.2 Å². The molecule has 0 bridgehead atoms. The Balaban J connectivity index is 2.09. The van der Waals surface area contributed by atoms with Crippen LogP contribution in [0, 0.1) is 0 Å². The smallest absolute Gasteiger partial charge is 0.325 e. The number of nitrogens with zero attached hydrogens (tertiary/aromatic N) is 1. The van der Waals surface area contributed by atoms with Crippen LogP contribution in [0.1, 0.15) is 6.92 Å². The van der Waals surface area contributed by atoms with Crippen LogP contribution in [0.3, 0.4) is 0 Å². The zero-order valence-corrected chi connectivity index (χ0v) is 10.9. The van der Waals surface area contributed by atoms with E-state index in [0.717, 1.165) is 5.69 Å². The van der Waals surface area contributed by atoms with E-state index in [-0.39, 0.29) is 5.97 Å². The van der Waals surface area contributed by atoms with E-state index >= 15 is 0 Å². The molecule has 1 aromatic carbocycles. The van der Waals surface area contributed by atoms with E-state index in [1.165, 1.54) is 11.8 Å². The lowest BCUT2D eigenvalue weighted by Crippen LogP contribution is -2.21. The average Bonchev–Trinajstić information content (AvgIpc) is 2.72. The molecular formula is C13H14N2O2S. The highest BCUT2D eigenvalue weighted by atomic mass is 32.2. The zero-order chi connectivity index (χ0) is 13.0. The van der Waals surface area contributed by atoms with Crippen molar-refractivity contribution in [2.75, 3.05) is 6.61 Å². The Kier molecular flexibility index (Phi) is 4.04. The summed E-state index contributed by atoms with van der Waals surface area (Å²) >= 11 is 1.33. The monoisotopic (exact) mass is 262 g/mol. The number of ether oxygens (including phenoxy) is 1. The molecule has 0 aromatic heterocycles. The van der Waals surface area contributed by atoms with Gasteiger partial charge in [-0.25, -0.2) is 4.99 Å². The van der Waals surface area contributed by atoms with Crippen LogP contribution in [0.5, 0.6) is 0 Å². The molecule has 18 heavy (non-hydrogen) atoms. The number of thioether (sulfide) groups is 1. The molecule has 0 saturated carbocycles. The van der Waals surface area contributed by atoms with Crippen molar-refractivity contribution in [3.63, 3.8) is 0 Å². The molecule has 94 valence electrons. The van der Waals surface area contributed by atoms with Crippen molar-refractivity contribution < 1.29 is 9.53 Å². The van der Waals surface area contributed by atoms with Crippen LogP contribution >= 0.6 is 11.8 Å². The number of rotatable bonds is 3. The van der Waals surface area contributed by atoms with Crippen molar-refractivity contribution in [3.05, 3.63) is 42.6 Å². The van der Waals surface area contributed by atoms with Gasteiger partial charge in [0.2, 0.25) is 0 Å². The molecule has 1 saturated heterocycles. The van der Waals surface area contributed by atoms with E-state index in [1.54, 1.807) is 6.92 Å². The maximum atomic E-state index is 11.7. The molecule has 2 rings (SSSR count). The molecule has 1 N–H and O–H groups in total. The second-order valence-electron chi connectivity index (χ2n) is 3.65. The molecule has 1 aliphatic rings. The molecule has 1 aliphatic heterocycles. The number of aliphatic imine (C=N–C) groups is 1. The highest BCUT2D eigenvalue weighted by Gasteiger charge is 2.32. The van der Waals surface area contributed by atoms with Gasteiger partial charge in [-0.15, -0.1) is 0 Å². The molecule has 0 aliphatic carbocycles. The van der Waals surface area contributed by atoms with Gasteiger partial charge in [-0.1, -0.05) is 36.5 Å². The Bertz CT molecular complexity index is 485. The Morgan fingerprint density at radius 2 is 2.22 bits per heavy atom.